The molecule has 2 N–H and O–H groups in total. The maximum atomic E-state index is 11.4. The van der Waals surface area contributed by atoms with Crippen LogP contribution in [-0.2, 0) is 9.53 Å². The van der Waals surface area contributed by atoms with Crippen molar-refractivity contribution in [1.82, 2.24) is 5.32 Å². The number of benzene rings is 1. The monoisotopic (exact) mass is 281 g/mol. The van der Waals surface area contributed by atoms with E-state index in [2.05, 4.69) is 5.32 Å². The number of hydrogen-bond donors (Lipinski definition) is 2. The lowest BCUT2D eigenvalue weighted by Gasteiger charge is -2.15. The first kappa shape index (κ1) is 14.6. The van der Waals surface area contributed by atoms with Gasteiger partial charge in [-0.15, -0.1) is 0 Å². The molecule has 0 saturated carbocycles. The zero-order valence-electron chi connectivity index (χ0n) is 11.4. The highest BCUT2D eigenvalue weighted by molar-refractivity contribution is 5.76. The van der Waals surface area contributed by atoms with Gasteiger partial charge in [0.15, 0.2) is 11.5 Å². The van der Waals surface area contributed by atoms with E-state index >= 15 is 0 Å². The van der Waals surface area contributed by atoms with E-state index in [9.17, 15) is 9.90 Å². The molecule has 0 radical (unpaired) electrons. The molecule has 6 heteroatoms. The van der Waals surface area contributed by atoms with Gasteiger partial charge in [0.25, 0.3) is 0 Å². The minimum atomic E-state index is -0.916. The van der Waals surface area contributed by atoms with Gasteiger partial charge in [0, 0.05) is 13.2 Å². The number of nitrogens with one attached hydrogen (secondary N) is 1. The molecule has 6 nitrogen and oxygen atoms in total. The third kappa shape index (κ3) is 3.61. The summed E-state index contributed by atoms with van der Waals surface area (Å²) in [7, 11) is 0. The van der Waals surface area contributed by atoms with Crippen LogP contribution >= 0.6 is 0 Å². The van der Waals surface area contributed by atoms with Crippen molar-refractivity contribution in [2.75, 3.05) is 26.6 Å². The smallest absolute Gasteiger partial charge is 0.325 e. The van der Waals surface area contributed by atoms with E-state index in [1.165, 1.54) is 0 Å². The number of aliphatic carboxylic acids is 1. The molecule has 0 aromatic heterocycles. The predicted octanol–water partition coefficient (Wildman–Crippen LogP) is 1.56. The van der Waals surface area contributed by atoms with E-state index in [1.807, 2.05) is 6.92 Å². The Labute approximate surface area is 117 Å². The molecular formula is C14H19NO5. The third-order valence-corrected chi connectivity index (χ3v) is 2.99. The maximum Gasteiger partial charge on any atom is 0.325 e. The van der Waals surface area contributed by atoms with E-state index in [0.29, 0.717) is 36.8 Å². The van der Waals surface area contributed by atoms with Crippen LogP contribution in [0.2, 0.25) is 0 Å². The number of ether oxygens (including phenoxy) is 3. The molecule has 0 fully saturated rings. The standard InChI is InChI=1S/C14H19NO5/c1-2-18-7-3-6-15-13(14(16)17)10-4-5-11-12(8-10)20-9-19-11/h4-5,8,13,15H,2-3,6-7,9H2,1H3,(H,16,17). The zero-order valence-corrected chi connectivity index (χ0v) is 11.4. The molecule has 1 aliphatic heterocycles. The first-order chi connectivity index (χ1) is 9.72. The fourth-order valence-corrected chi connectivity index (χ4v) is 2.01. The highest BCUT2D eigenvalue weighted by Crippen LogP contribution is 2.34. The van der Waals surface area contributed by atoms with Crippen LogP contribution in [0.5, 0.6) is 11.5 Å². The molecule has 1 aliphatic rings. The molecule has 1 aromatic rings. The first-order valence-electron chi connectivity index (χ1n) is 6.66. The summed E-state index contributed by atoms with van der Waals surface area (Å²) in [6, 6.07) is 4.42. The van der Waals surface area contributed by atoms with E-state index in [1.54, 1.807) is 18.2 Å². The van der Waals surface area contributed by atoms with Gasteiger partial charge < -0.3 is 24.6 Å². The van der Waals surface area contributed by atoms with Crippen LogP contribution in [0.4, 0.5) is 0 Å². The molecular weight excluding hydrogens is 262 g/mol. The van der Waals surface area contributed by atoms with Crippen molar-refractivity contribution >= 4 is 5.97 Å². The van der Waals surface area contributed by atoms with Crippen LogP contribution in [0.25, 0.3) is 0 Å². The van der Waals surface area contributed by atoms with Crippen LogP contribution in [0.15, 0.2) is 18.2 Å². The molecule has 1 aromatic carbocycles. The van der Waals surface area contributed by atoms with Crippen LogP contribution in [-0.4, -0.2) is 37.6 Å². The van der Waals surface area contributed by atoms with Crippen molar-refractivity contribution in [2.45, 2.75) is 19.4 Å². The molecule has 110 valence electrons. The Morgan fingerprint density at radius 2 is 2.25 bits per heavy atom. The van der Waals surface area contributed by atoms with Crippen molar-refractivity contribution in [2.24, 2.45) is 0 Å². The summed E-state index contributed by atoms with van der Waals surface area (Å²) in [5.41, 5.74) is 0.651. The quantitative estimate of drug-likeness (QED) is 0.704. The SMILES string of the molecule is CCOCCCNC(C(=O)O)c1ccc2c(c1)OCO2. The number of carboxylic acids is 1. The van der Waals surface area contributed by atoms with Crippen LogP contribution in [0.3, 0.4) is 0 Å². The molecule has 0 bridgehead atoms. The van der Waals surface area contributed by atoms with Gasteiger partial charge in [-0.05, 0) is 37.6 Å². The number of carboxylic acid groups (broad SMARTS) is 1. The zero-order chi connectivity index (χ0) is 14.4. The normalized spacial score (nSPS) is 14.2. The number of rotatable bonds is 8. The van der Waals surface area contributed by atoms with Gasteiger partial charge in [0.1, 0.15) is 6.04 Å². The summed E-state index contributed by atoms with van der Waals surface area (Å²) in [6.07, 6.45) is 0.766. The van der Waals surface area contributed by atoms with Crippen LogP contribution < -0.4 is 14.8 Å². The lowest BCUT2D eigenvalue weighted by atomic mass is 10.1. The average Bonchev–Trinajstić information content (AvgIpc) is 2.89. The number of hydrogen-bond acceptors (Lipinski definition) is 5. The number of fused-ring (bicyclic) bond motifs is 1. The van der Waals surface area contributed by atoms with Gasteiger partial charge in [-0.2, -0.15) is 0 Å². The molecule has 0 spiro atoms. The lowest BCUT2D eigenvalue weighted by molar-refractivity contribution is -0.139. The number of carbonyl (C=O) groups is 1. The molecule has 1 heterocycles. The van der Waals surface area contributed by atoms with Crippen LogP contribution in [0.1, 0.15) is 24.9 Å². The van der Waals surface area contributed by atoms with Crippen molar-refractivity contribution in [1.29, 1.82) is 0 Å². The van der Waals surface area contributed by atoms with Gasteiger partial charge in [-0.3, -0.25) is 4.79 Å². The maximum absolute atomic E-state index is 11.4. The summed E-state index contributed by atoms with van der Waals surface area (Å²) in [5.74, 6) is 0.319. The average molecular weight is 281 g/mol. The second-order valence-corrected chi connectivity index (χ2v) is 4.39. The summed E-state index contributed by atoms with van der Waals surface area (Å²) in [4.78, 5) is 11.4. The summed E-state index contributed by atoms with van der Waals surface area (Å²) in [5, 5.41) is 12.3. The Bertz CT molecular complexity index is 463. The largest absolute Gasteiger partial charge is 0.480 e. The highest BCUT2D eigenvalue weighted by Gasteiger charge is 2.22. The van der Waals surface area contributed by atoms with Gasteiger partial charge >= 0.3 is 5.97 Å². The summed E-state index contributed by atoms with van der Waals surface area (Å²) < 4.78 is 15.7. The van der Waals surface area contributed by atoms with Gasteiger partial charge in [-0.25, -0.2) is 0 Å². The van der Waals surface area contributed by atoms with Crippen molar-refractivity contribution < 1.29 is 24.1 Å². The third-order valence-electron chi connectivity index (χ3n) is 2.99. The Morgan fingerprint density at radius 3 is 3.00 bits per heavy atom. The van der Waals surface area contributed by atoms with Gasteiger partial charge in [0.2, 0.25) is 6.79 Å². The van der Waals surface area contributed by atoms with E-state index in [-0.39, 0.29) is 6.79 Å². The molecule has 0 amide bonds. The van der Waals surface area contributed by atoms with Crippen molar-refractivity contribution in [3.05, 3.63) is 23.8 Å². The van der Waals surface area contributed by atoms with E-state index < -0.39 is 12.0 Å². The molecule has 2 rings (SSSR count). The molecule has 1 atom stereocenters. The summed E-state index contributed by atoms with van der Waals surface area (Å²) in [6.45, 7) is 3.98. The second-order valence-electron chi connectivity index (χ2n) is 4.39. The fraction of sp³-hybridized carbons (Fsp3) is 0.500. The van der Waals surface area contributed by atoms with E-state index in [4.69, 9.17) is 14.2 Å². The highest BCUT2D eigenvalue weighted by atomic mass is 16.7. The minimum absolute atomic E-state index is 0.179. The Hall–Kier alpha value is -1.79. The first-order valence-corrected chi connectivity index (χ1v) is 6.66. The topological polar surface area (TPSA) is 77.0 Å². The molecule has 20 heavy (non-hydrogen) atoms. The van der Waals surface area contributed by atoms with E-state index in [0.717, 1.165) is 6.42 Å². The van der Waals surface area contributed by atoms with Crippen molar-refractivity contribution in [3.63, 3.8) is 0 Å². The van der Waals surface area contributed by atoms with Crippen LogP contribution in [0, 0.1) is 0 Å². The molecule has 1 unspecified atom stereocenters. The predicted molar refractivity (Wildman–Crippen MR) is 72.1 cm³/mol. The fourth-order valence-electron chi connectivity index (χ4n) is 2.01. The molecule has 0 aliphatic carbocycles. The van der Waals surface area contributed by atoms with Gasteiger partial charge in [0.05, 0.1) is 0 Å². The lowest BCUT2D eigenvalue weighted by Crippen LogP contribution is -2.29. The minimum Gasteiger partial charge on any atom is -0.480 e. The second kappa shape index (κ2) is 7.12. The molecule has 0 saturated heterocycles. The summed E-state index contributed by atoms with van der Waals surface area (Å²) >= 11 is 0. The Morgan fingerprint density at radius 1 is 1.45 bits per heavy atom. The van der Waals surface area contributed by atoms with Gasteiger partial charge in [-0.1, -0.05) is 6.07 Å². The Kier molecular flexibility index (Phi) is 5.20. The Balaban J connectivity index is 1.96. The van der Waals surface area contributed by atoms with Crippen molar-refractivity contribution in [3.8, 4) is 11.5 Å².